The molecule has 176 valence electrons. The van der Waals surface area contributed by atoms with Gasteiger partial charge in [0.05, 0.1) is 40.0 Å². The zero-order valence-electron chi connectivity index (χ0n) is 18.5. The Hall–Kier alpha value is -4.30. The molecule has 0 saturated heterocycles. The number of aromatic nitrogens is 5. The summed E-state index contributed by atoms with van der Waals surface area (Å²) >= 11 is 6.36. The molecule has 1 saturated carbocycles. The fraction of sp³-hybridized carbons (Fsp3) is 0.217. The van der Waals surface area contributed by atoms with Gasteiger partial charge in [-0.15, -0.1) is 0 Å². The maximum Gasteiger partial charge on any atom is 0.267 e. The molecular formula is C23H19ClFN9O. The predicted octanol–water partition coefficient (Wildman–Crippen LogP) is 3.27. The second-order valence-electron chi connectivity index (χ2n) is 8.27. The molecule has 1 unspecified atom stereocenters. The number of halogens is 2. The van der Waals surface area contributed by atoms with Crippen LogP contribution in [0.3, 0.4) is 0 Å². The molecule has 5 N–H and O–H groups in total. The zero-order chi connectivity index (χ0) is 24.9. The predicted molar refractivity (Wildman–Crippen MR) is 129 cm³/mol. The average Bonchev–Trinajstić information content (AvgIpc) is 3.65. The van der Waals surface area contributed by atoms with Gasteiger partial charge < -0.3 is 16.8 Å². The molecule has 3 aromatic heterocycles. The second-order valence-corrected chi connectivity index (χ2v) is 8.68. The third-order valence-electron chi connectivity index (χ3n) is 5.97. The maximum absolute atomic E-state index is 14.5. The van der Waals surface area contributed by atoms with Crippen LogP contribution in [-0.2, 0) is 0 Å². The van der Waals surface area contributed by atoms with E-state index in [2.05, 4.69) is 20.3 Å². The van der Waals surface area contributed by atoms with Crippen LogP contribution in [0.5, 0.6) is 0 Å². The molecule has 35 heavy (non-hydrogen) atoms. The molecule has 0 radical (unpaired) electrons. The second kappa shape index (κ2) is 8.48. The van der Waals surface area contributed by atoms with Crippen molar-refractivity contribution in [2.24, 2.45) is 5.92 Å². The molecule has 1 aliphatic carbocycles. The van der Waals surface area contributed by atoms with E-state index in [0.717, 1.165) is 19.0 Å². The van der Waals surface area contributed by atoms with Crippen LogP contribution in [0.4, 0.5) is 22.0 Å². The Balaban J connectivity index is 1.80. The maximum atomic E-state index is 14.5. The monoisotopic (exact) mass is 491 g/mol. The summed E-state index contributed by atoms with van der Waals surface area (Å²) in [4.78, 5) is 30.5. The van der Waals surface area contributed by atoms with Crippen LogP contribution in [0.15, 0.2) is 35.4 Å². The molecular weight excluding hydrogens is 473 g/mol. The van der Waals surface area contributed by atoms with E-state index in [0.29, 0.717) is 11.3 Å². The van der Waals surface area contributed by atoms with Crippen LogP contribution in [0, 0.1) is 30.0 Å². The van der Waals surface area contributed by atoms with E-state index in [1.165, 1.54) is 10.8 Å². The summed E-state index contributed by atoms with van der Waals surface area (Å²) in [6, 6.07) is 6.36. The summed E-state index contributed by atoms with van der Waals surface area (Å²) in [7, 11) is 0. The van der Waals surface area contributed by atoms with Crippen LogP contribution < -0.4 is 22.3 Å². The summed E-state index contributed by atoms with van der Waals surface area (Å²) in [5.74, 6) is -0.288. The van der Waals surface area contributed by atoms with Crippen molar-refractivity contribution in [1.82, 2.24) is 24.5 Å². The summed E-state index contributed by atoms with van der Waals surface area (Å²) < 4.78 is 15.8. The zero-order valence-corrected chi connectivity index (χ0v) is 19.2. The fourth-order valence-electron chi connectivity index (χ4n) is 4.04. The topological polar surface area (TPSA) is 161 Å². The minimum absolute atomic E-state index is 0.0196. The molecule has 1 aromatic carbocycles. The highest BCUT2D eigenvalue weighted by atomic mass is 35.5. The van der Waals surface area contributed by atoms with Gasteiger partial charge in [0.2, 0.25) is 5.95 Å². The molecule has 3 heterocycles. The van der Waals surface area contributed by atoms with Crippen molar-refractivity contribution in [1.29, 1.82) is 5.26 Å². The van der Waals surface area contributed by atoms with Crippen LogP contribution in [0.2, 0.25) is 5.02 Å². The molecule has 12 heteroatoms. The minimum Gasteiger partial charge on any atom is -0.382 e. The third-order valence-corrected chi connectivity index (χ3v) is 6.29. The minimum atomic E-state index is -0.588. The smallest absolute Gasteiger partial charge is 0.267 e. The Bertz CT molecular complexity index is 1590. The van der Waals surface area contributed by atoms with Gasteiger partial charge in [-0.05, 0) is 37.8 Å². The molecule has 4 aromatic rings. The lowest BCUT2D eigenvalue weighted by Crippen LogP contribution is -2.30. The standard InChI is InChI=1S/C23H19ClFN9O/c1-10-14(25)8-29-9-16(10)34-21(30-15-4-2-3-13(24)17(15)22(34)35)18(11-5-6-11)31-20-12(7-26)19(27)32-23(28)33-20/h2-4,8-9,11,18H,5-6H2,1H3,(H5,27,28,31,32,33). The molecule has 0 spiro atoms. The number of nitrogens with two attached hydrogens (primary N) is 2. The number of pyridine rings is 1. The number of hydrogen-bond acceptors (Lipinski definition) is 9. The van der Waals surface area contributed by atoms with Gasteiger partial charge >= 0.3 is 0 Å². The van der Waals surface area contributed by atoms with Crippen molar-refractivity contribution in [3.8, 4) is 11.8 Å². The van der Waals surface area contributed by atoms with Crippen molar-refractivity contribution in [2.75, 3.05) is 16.8 Å². The van der Waals surface area contributed by atoms with Crippen molar-refractivity contribution < 1.29 is 4.39 Å². The molecule has 1 fully saturated rings. The van der Waals surface area contributed by atoms with E-state index < -0.39 is 17.4 Å². The van der Waals surface area contributed by atoms with Crippen molar-refractivity contribution in [3.05, 3.63) is 68.7 Å². The molecule has 1 atom stereocenters. The van der Waals surface area contributed by atoms with Gasteiger partial charge in [-0.25, -0.2) is 9.37 Å². The number of rotatable bonds is 5. The van der Waals surface area contributed by atoms with Crippen molar-refractivity contribution in [2.45, 2.75) is 25.8 Å². The SMILES string of the molecule is Cc1c(F)cncc1-n1c(C(Nc2nc(N)nc(N)c2C#N)C2CC2)nc2cccc(Cl)c2c1=O. The van der Waals surface area contributed by atoms with Gasteiger partial charge in [0, 0.05) is 5.56 Å². The summed E-state index contributed by atoms with van der Waals surface area (Å²) in [6.07, 6.45) is 4.14. The van der Waals surface area contributed by atoms with E-state index in [1.807, 2.05) is 6.07 Å². The van der Waals surface area contributed by atoms with E-state index >= 15 is 0 Å². The highest BCUT2D eigenvalue weighted by Gasteiger charge is 2.37. The first-order valence-corrected chi connectivity index (χ1v) is 11.1. The average molecular weight is 492 g/mol. The normalized spacial score (nSPS) is 14.0. The van der Waals surface area contributed by atoms with Crippen molar-refractivity contribution in [3.63, 3.8) is 0 Å². The number of nitriles is 1. The molecule has 0 bridgehead atoms. The number of nitrogens with zero attached hydrogens (tertiary/aromatic N) is 6. The van der Waals surface area contributed by atoms with Gasteiger partial charge in [0.25, 0.3) is 5.56 Å². The Morgan fingerprint density at radius 3 is 2.74 bits per heavy atom. The lowest BCUT2D eigenvalue weighted by Gasteiger charge is -2.24. The highest BCUT2D eigenvalue weighted by molar-refractivity contribution is 6.35. The van der Waals surface area contributed by atoms with Crippen LogP contribution in [-0.4, -0.2) is 24.5 Å². The summed E-state index contributed by atoms with van der Waals surface area (Å²) in [5, 5.41) is 13.2. The van der Waals surface area contributed by atoms with E-state index in [4.69, 9.17) is 28.1 Å². The van der Waals surface area contributed by atoms with Gasteiger partial charge in [0.15, 0.2) is 5.82 Å². The lowest BCUT2D eigenvalue weighted by atomic mass is 10.1. The summed E-state index contributed by atoms with van der Waals surface area (Å²) in [5.41, 5.74) is 12.0. The van der Waals surface area contributed by atoms with E-state index in [1.54, 1.807) is 25.1 Å². The number of benzene rings is 1. The summed E-state index contributed by atoms with van der Waals surface area (Å²) in [6.45, 7) is 1.55. The highest BCUT2D eigenvalue weighted by Crippen LogP contribution is 2.43. The Labute approximate surface area is 203 Å². The number of hydrogen-bond donors (Lipinski definition) is 3. The lowest BCUT2D eigenvalue weighted by molar-refractivity contribution is 0.594. The molecule has 5 rings (SSSR count). The van der Waals surface area contributed by atoms with Crippen molar-refractivity contribution >= 4 is 40.1 Å². The van der Waals surface area contributed by atoms with E-state index in [-0.39, 0.29) is 50.7 Å². The number of anilines is 3. The van der Waals surface area contributed by atoms with Gasteiger partial charge in [-0.2, -0.15) is 15.2 Å². The third kappa shape index (κ3) is 3.87. The molecule has 10 nitrogen and oxygen atoms in total. The first kappa shape index (κ1) is 22.5. The number of nitrogens with one attached hydrogen (secondary N) is 1. The first-order chi connectivity index (χ1) is 16.8. The quantitative estimate of drug-likeness (QED) is 0.380. The van der Waals surface area contributed by atoms with Gasteiger partial charge in [-0.1, -0.05) is 17.7 Å². The molecule has 0 aliphatic heterocycles. The largest absolute Gasteiger partial charge is 0.382 e. The molecule has 0 amide bonds. The van der Waals surface area contributed by atoms with Crippen LogP contribution in [0.1, 0.15) is 35.8 Å². The fourth-order valence-corrected chi connectivity index (χ4v) is 4.29. The van der Waals surface area contributed by atoms with Gasteiger partial charge in [-0.3, -0.25) is 14.3 Å². The van der Waals surface area contributed by atoms with E-state index in [9.17, 15) is 14.4 Å². The first-order valence-electron chi connectivity index (χ1n) is 10.7. The number of nitrogen functional groups attached to an aromatic ring is 2. The Morgan fingerprint density at radius 1 is 1.26 bits per heavy atom. The number of fused-ring (bicyclic) bond motifs is 1. The Kier molecular flexibility index (Phi) is 5.45. The molecule has 1 aliphatic rings. The Morgan fingerprint density at radius 2 is 2.03 bits per heavy atom. The van der Waals surface area contributed by atoms with Crippen LogP contribution in [0.25, 0.3) is 16.6 Å². The van der Waals surface area contributed by atoms with Gasteiger partial charge in [0.1, 0.15) is 29.1 Å². The van der Waals surface area contributed by atoms with Crippen LogP contribution >= 0.6 is 11.6 Å².